The quantitative estimate of drug-likeness (QED) is 0.735. The van der Waals surface area contributed by atoms with Crippen molar-refractivity contribution in [3.63, 3.8) is 0 Å². The Labute approximate surface area is 115 Å². The maximum atomic E-state index is 12.0. The highest BCUT2D eigenvalue weighted by atomic mass is 16.4. The van der Waals surface area contributed by atoms with Gasteiger partial charge < -0.3 is 10.4 Å². The van der Waals surface area contributed by atoms with Crippen LogP contribution in [-0.2, 0) is 9.59 Å². The molecule has 1 atom stereocenters. The molecule has 0 aromatic heterocycles. The Morgan fingerprint density at radius 1 is 1.21 bits per heavy atom. The van der Waals surface area contributed by atoms with Crippen LogP contribution in [-0.4, -0.2) is 47.1 Å². The van der Waals surface area contributed by atoms with Crippen LogP contribution in [0.25, 0.3) is 0 Å². The Morgan fingerprint density at radius 2 is 1.79 bits per heavy atom. The molecule has 2 N–H and O–H groups in total. The van der Waals surface area contributed by atoms with E-state index in [-0.39, 0.29) is 31.1 Å². The molecule has 1 amide bonds. The van der Waals surface area contributed by atoms with Crippen LogP contribution in [0, 0.1) is 5.92 Å². The van der Waals surface area contributed by atoms with Gasteiger partial charge in [-0.2, -0.15) is 0 Å². The van der Waals surface area contributed by atoms with Crippen LogP contribution in [0.5, 0.6) is 0 Å². The minimum absolute atomic E-state index is 0.0475. The summed E-state index contributed by atoms with van der Waals surface area (Å²) in [5.41, 5.74) is 0. The van der Waals surface area contributed by atoms with Gasteiger partial charge in [0.1, 0.15) is 0 Å². The average molecular weight is 270 g/mol. The van der Waals surface area contributed by atoms with E-state index >= 15 is 0 Å². The highest BCUT2D eigenvalue weighted by Crippen LogP contribution is 2.23. The van der Waals surface area contributed by atoms with Gasteiger partial charge in [-0.3, -0.25) is 14.5 Å². The van der Waals surface area contributed by atoms with Crippen LogP contribution < -0.4 is 5.32 Å². The van der Waals surface area contributed by atoms with Crippen molar-refractivity contribution < 1.29 is 14.7 Å². The van der Waals surface area contributed by atoms with E-state index in [2.05, 4.69) is 19.2 Å². The Bertz CT molecular complexity index is 312. The molecular formula is C14H26N2O3. The molecule has 0 heterocycles. The van der Waals surface area contributed by atoms with Gasteiger partial charge in [-0.15, -0.1) is 0 Å². The van der Waals surface area contributed by atoms with Gasteiger partial charge in [-0.05, 0) is 25.7 Å². The van der Waals surface area contributed by atoms with Crippen molar-refractivity contribution >= 4 is 11.9 Å². The molecule has 0 saturated heterocycles. The van der Waals surface area contributed by atoms with Gasteiger partial charge in [-0.25, -0.2) is 0 Å². The summed E-state index contributed by atoms with van der Waals surface area (Å²) >= 11 is 0. The normalized spacial score (nSPS) is 17.9. The first-order chi connectivity index (χ1) is 8.90. The van der Waals surface area contributed by atoms with Gasteiger partial charge in [0.2, 0.25) is 5.91 Å². The number of amides is 1. The fraction of sp³-hybridized carbons (Fsp3) is 0.857. The third-order valence-electron chi connectivity index (χ3n) is 3.91. The van der Waals surface area contributed by atoms with Crippen molar-refractivity contribution in [2.75, 3.05) is 13.1 Å². The SMILES string of the molecule is CC(C)C(C)NC(=O)CN(CC(=O)O)C1CCCC1. The van der Waals surface area contributed by atoms with E-state index in [1.54, 1.807) is 4.90 Å². The molecule has 1 rings (SSSR count). The summed E-state index contributed by atoms with van der Waals surface area (Å²) in [6.45, 7) is 6.22. The van der Waals surface area contributed by atoms with Crippen molar-refractivity contribution in [2.24, 2.45) is 5.92 Å². The van der Waals surface area contributed by atoms with E-state index < -0.39 is 5.97 Å². The second kappa shape index (κ2) is 7.48. The zero-order chi connectivity index (χ0) is 14.4. The molecule has 0 radical (unpaired) electrons. The molecular weight excluding hydrogens is 244 g/mol. The van der Waals surface area contributed by atoms with E-state index in [4.69, 9.17) is 5.11 Å². The van der Waals surface area contributed by atoms with Crippen LogP contribution in [0.2, 0.25) is 0 Å². The van der Waals surface area contributed by atoms with Crippen molar-refractivity contribution in [2.45, 2.75) is 58.5 Å². The summed E-state index contributed by atoms with van der Waals surface area (Å²) < 4.78 is 0. The second-order valence-electron chi connectivity index (χ2n) is 5.84. The predicted molar refractivity (Wildman–Crippen MR) is 73.9 cm³/mol. The Morgan fingerprint density at radius 3 is 2.26 bits per heavy atom. The molecule has 0 aromatic rings. The number of carboxylic acids is 1. The Kier molecular flexibility index (Phi) is 6.28. The number of hydrogen-bond acceptors (Lipinski definition) is 3. The van der Waals surface area contributed by atoms with E-state index in [1.807, 2.05) is 6.92 Å². The standard InChI is InChI=1S/C14H26N2O3/c1-10(2)11(3)15-13(17)8-16(9-14(18)19)12-6-4-5-7-12/h10-12H,4-9H2,1-3H3,(H,15,17)(H,18,19). The molecule has 0 aliphatic heterocycles. The van der Waals surface area contributed by atoms with Crippen LogP contribution in [0.1, 0.15) is 46.5 Å². The van der Waals surface area contributed by atoms with Gasteiger partial charge in [0.05, 0.1) is 13.1 Å². The van der Waals surface area contributed by atoms with Crippen LogP contribution >= 0.6 is 0 Å². The lowest BCUT2D eigenvalue weighted by molar-refractivity contribution is -0.139. The minimum Gasteiger partial charge on any atom is -0.480 e. The summed E-state index contributed by atoms with van der Waals surface area (Å²) in [7, 11) is 0. The zero-order valence-corrected chi connectivity index (χ0v) is 12.2. The molecule has 0 bridgehead atoms. The molecule has 19 heavy (non-hydrogen) atoms. The summed E-state index contributed by atoms with van der Waals surface area (Å²) in [4.78, 5) is 24.7. The summed E-state index contributed by atoms with van der Waals surface area (Å²) in [5, 5.41) is 11.9. The van der Waals surface area contributed by atoms with Crippen LogP contribution in [0.4, 0.5) is 0 Å². The fourth-order valence-corrected chi connectivity index (χ4v) is 2.41. The number of nitrogens with zero attached hydrogens (tertiary/aromatic N) is 1. The zero-order valence-electron chi connectivity index (χ0n) is 12.2. The third kappa shape index (κ3) is 5.59. The number of hydrogen-bond donors (Lipinski definition) is 2. The molecule has 1 aliphatic carbocycles. The highest BCUT2D eigenvalue weighted by molar-refractivity contribution is 5.79. The monoisotopic (exact) mass is 270 g/mol. The molecule has 0 spiro atoms. The van der Waals surface area contributed by atoms with Gasteiger partial charge in [0.25, 0.3) is 0 Å². The van der Waals surface area contributed by atoms with Crippen molar-refractivity contribution in [1.29, 1.82) is 0 Å². The number of rotatable bonds is 7. The number of carboxylic acid groups (broad SMARTS) is 1. The predicted octanol–water partition coefficient (Wildman–Crippen LogP) is 1.48. The number of carbonyl (C=O) groups excluding carboxylic acids is 1. The van der Waals surface area contributed by atoms with E-state index in [0.717, 1.165) is 25.7 Å². The number of nitrogens with one attached hydrogen (secondary N) is 1. The fourth-order valence-electron chi connectivity index (χ4n) is 2.41. The molecule has 1 fully saturated rings. The first-order valence-electron chi connectivity index (χ1n) is 7.15. The molecule has 1 saturated carbocycles. The smallest absolute Gasteiger partial charge is 0.317 e. The maximum absolute atomic E-state index is 12.0. The van der Waals surface area contributed by atoms with E-state index in [0.29, 0.717) is 5.92 Å². The highest BCUT2D eigenvalue weighted by Gasteiger charge is 2.26. The first-order valence-corrected chi connectivity index (χ1v) is 7.15. The summed E-state index contributed by atoms with van der Waals surface area (Å²) in [6.07, 6.45) is 4.26. The lowest BCUT2D eigenvalue weighted by Crippen LogP contribution is -2.47. The first kappa shape index (κ1) is 16.0. The van der Waals surface area contributed by atoms with Crippen LogP contribution in [0.3, 0.4) is 0 Å². The molecule has 5 nitrogen and oxygen atoms in total. The van der Waals surface area contributed by atoms with Gasteiger partial charge in [-0.1, -0.05) is 26.7 Å². The molecule has 1 aliphatic rings. The van der Waals surface area contributed by atoms with Crippen molar-refractivity contribution in [3.8, 4) is 0 Å². The second-order valence-corrected chi connectivity index (χ2v) is 5.84. The van der Waals surface area contributed by atoms with Crippen LogP contribution in [0.15, 0.2) is 0 Å². The largest absolute Gasteiger partial charge is 0.480 e. The Hall–Kier alpha value is -1.10. The minimum atomic E-state index is -0.864. The average Bonchev–Trinajstić information content (AvgIpc) is 2.80. The lowest BCUT2D eigenvalue weighted by atomic mass is 10.1. The molecule has 1 unspecified atom stereocenters. The molecule has 5 heteroatoms. The van der Waals surface area contributed by atoms with E-state index in [9.17, 15) is 9.59 Å². The Balaban J connectivity index is 2.51. The topological polar surface area (TPSA) is 69.6 Å². The lowest BCUT2D eigenvalue weighted by Gasteiger charge is -2.27. The maximum Gasteiger partial charge on any atom is 0.317 e. The third-order valence-corrected chi connectivity index (χ3v) is 3.91. The van der Waals surface area contributed by atoms with Crippen molar-refractivity contribution in [1.82, 2.24) is 10.2 Å². The number of carbonyl (C=O) groups is 2. The van der Waals surface area contributed by atoms with E-state index in [1.165, 1.54) is 0 Å². The van der Waals surface area contributed by atoms with Gasteiger partial charge in [0.15, 0.2) is 0 Å². The van der Waals surface area contributed by atoms with Gasteiger partial charge >= 0.3 is 5.97 Å². The number of aliphatic carboxylic acids is 1. The van der Waals surface area contributed by atoms with Crippen molar-refractivity contribution in [3.05, 3.63) is 0 Å². The molecule has 0 aromatic carbocycles. The van der Waals surface area contributed by atoms with Gasteiger partial charge in [0, 0.05) is 12.1 Å². The molecule has 110 valence electrons. The summed E-state index contributed by atoms with van der Waals surface area (Å²) in [6, 6.07) is 0.360. The summed E-state index contributed by atoms with van der Waals surface area (Å²) in [5.74, 6) is -0.561.